The van der Waals surface area contributed by atoms with Crippen LogP contribution < -0.4 is 4.74 Å². The summed E-state index contributed by atoms with van der Waals surface area (Å²) in [4.78, 5) is 4.27. The van der Waals surface area contributed by atoms with Crippen LogP contribution in [0.2, 0.25) is 0 Å². The molecule has 1 aromatic heterocycles. The Labute approximate surface area is 109 Å². The van der Waals surface area contributed by atoms with Crippen molar-refractivity contribution in [2.75, 3.05) is 6.61 Å². The predicted octanol–water partition coefficient (Wildman–Crippen LogP) is 3.83. The van der Waals surface area contributed by atoms with E-state index < -0.39 is 0 Å². The van der Waals surface area contributed by atoms with E-state index in [0.717, 1.165) is 29.7 Å². The zero-order valence-corrected chi connectivity index (χ0v) is 11.3. The van der Waals surface area contributed by atoms with Gasteiger partial charge in [0.1, 0.15) is 5.75 Å². The molecule has 1 unspecified atom stereocenters. The lowest BCUT2D eigenvalue weighted by molar-refractivity contribution is 0.313. The molecule has 0 aliphatic carbocycles. The van der Waals surface area contributed by atoms with Gasteiger partial charge in [-0.2, -0.15) is 0 Å². The molecule has 0 amide bonds. The van der Waals surface area contributed by atoms with Gasteiger partial charge in [0, 0.05) is 15.5 Å². The van der Waals surface area contributed by atoms with Gasteiger partial charge < -0.3 is 4.74 Å². The van der Waals surface area contributed by atoms with Crippen LogP contribution >= 0.6 is 22.6 Å². The summed E-state index contributed by atoms with van der Waals surface area (Å²) in [5, 5.41) is 1.13. The van der Waals surface area contributed by atoms with Gasteiger partial charge in [0.25, 0.3) is 0 Å². The highest BCUT2D eigenvalue weighted by Crippen LogP contribution is 2.19. The molecule has 2 aromatic rings. The minimum Gasteiger partial charge on any atom is -0.494 e. The van der Waals surface area contributed by atoms with E-state index in [1.54, 1.807) is 6.20 Å². The maximum absolute atomic E-state index is 5.69. The van der Waals surface area contributed by atoms with E-state index in [4.69, 9.17) is 4.74 Å². The third-order valence-corrected chi connectivity index (χ3v) is 2.98. The number of hydrogen-bond acceptors (Lipinski definition) is 2. The number of pyridine rings is 1. The fourth-order valence-electron chi connectivity index (χ4n) is 1.48. The van der Waals surface area contributed by atoms with Gasteiger partial charge in [-0.15, -0.1) is 0 Å². The van der Waals surface area contributed by atoms with Gasteiger partial charge in [0.2, 0.25) is 0 Å². The Balaban J connectivity index is 2.08. The summed E-state index contributed by atoms with van der Waals surface area (Å²) in [6.07, 6.45) is 2.88. The summed E-state index contributed by atoms with van der Waals surface area (Å²) in [6, 6.07) is 10.0. The quantitative estimate of drug-likeness (QED) is 0.629. The number of alkyl halides is 1. The third kappa shape index (κ3) is 3.07. The molecule has 0 aliphatic rings. The van der Waals surface area contributed by atoms with Crippen molar-refractivity contribution in [3.8, 4) is 5.75 Å². The van der Waals surface area contributed by atoms with Crippen molar-refractivity contribution in [3.63, 3.8) is 0 Å². The average Bonchev–Trinajstić information content (AvgIpc) is 2.28. The minimum absolute atomic E-state index is 0.653. The molecular weight excluding hydrogens is 313 g/mol. The number of aromatic nitrogens is 1. The number of nitrogens with zero attached hydrogens (tertiary/aromatic N) is 1. The molecule has 0 saturated carbocycles. The molecule has 0 N–H and O–H groups in total. The van der Waals surface area contributed by atoms with Gasteiger partial charge in [-0.1, -0.05) is 35.6 Å². The zero-order chi connectivity index (χ0) is 11.4. The number of rotatable bonds is 4. The van der Waals surface area contributed by atoms with Crippen LogP contribution in [0.1, 0.15) is 13.3 Å². The van der Waals surface area contributed by atoms with Crippen LogP contribution in [0.3, 0.4) is 0 Å². The molecule has 1 heterocycles. The Hall–Kier alpha value is -0.840. The Morgan fingerprint density at radius 3 is 3.06 bits per heavy atom. The Kier molecular flexibility index (Phi) is 3.98. The van der Waals surface area contributed by atoms with Crippen molar-refractivity contribution in [2.24, 2.45) is 0 Å². The lowest BCUT2D eigenvalue weighted by Crippen LogP contribution is -2.02. The highest BCUT2D eigenvalue weighted by molar-refractivity contribution is 14.1. The predicted molar refractivity (Wildman–Crippen MR) is 75.3 cm³/mol. The fraction of sp³-hybridized carbons (Fsp3) is 0.308. The normalized spacial score (nSPS) is 12.6. The molecule has 0 spiro atoms. The lowest BCUT2D eigenvalue weighted by atomic mass is 10.2. The Morgan fingerprint density at radius 1 is 1.38 bits per heavy atom. The SMILES string of the molecule is CC(I)CCOc1ccc2ncccc2c1. The van der Waals surface area contributed by atoms with Crippen LogP contribution in [0.4, 0.5) is 0 Å². The molecule has 1 aromatic carbocycles. The number of hydrogen-bond donors (Lipinski definition) is 0. The van der Waals surface area contributed by atoms with Crippen molar-refractivity contribution in [1.29, 1.82) is 0 Å². The van der Waals surface area contributed by atoms with Gasteiger partial charge in [-0.25, -0.2) is 0 Å². The number of benzene rings is 1. The Bertz CT molecular complexity index is 470. The van der Waals surface area contributed by atoms with Crippen molar-refractivity contribution in [2.45, 2.75) is 17.3 Å². The molecule has 0 aliphatic heterocycles. The average molecular weight is 327 g/mol. The van der Waals surface area contributed by atoms with E-state index in [1.165, 1.54) is 0 Å². The number of fused-ring (bicyclic) bond motifs is 1. The Morgan fingerprint density at radius 2 is 2.25 bits per heavy atom. The first kappa shape index (κ1) is 11.6. The van der Waals surface area contributed by atoms with Crippen molar-refractivity contribution in [3.05, 3.63) is 36.5 Å². The first-order chi connectivity index (χ1) is 7.75. The molecule has 0 bridgehead atoms. The van der Waals surface area contributed by atoms with Gasteiger partial charge in [0.05, 0.1) is 12.1 Å². The monoisotopic (exact) mass is 327 g/mol. The van der Waals surface area contributed by atoms with Crippen molar-refractivity contribution >= 4 is 33.5 Å². The van der Waals surface area contributed by atoms with E-state index >= 15 is 0 Å². The van der Waals surface area contributed by atoms with Crippen LogP contribution in [0.25, 0.3) is 10.9 Å². The highest BCUT2D eigenvalue weighted by Gasteiger charge is 1.99. The summed E-state index contributed by atoms with van der Waals surface area (Å²) >= 11 is 2.41. The minimum atomic E-state index is 0.653. The summed E-state index contributed by atoms with van der Waals surface area (Å²) in [5.41, 5.74) is 1.01. The lowest BCUT2D eigenvalue weighted by Gasteiger charge is -2.07. The van der Waals surface area contributed by atoms with E-state index in [2.05, 4.69) is 40.6 Å². The fourth-order valence-corrected chi connectivity index (χ4v) is 1.74. The molecule has 16 heavy (non-hydrogen) atoms. The second-order valence-electron chi connectivity index (χ2n) is 3.78. The number of halogens is 1. The zero-order valence-electron chi connectivity index (χ0n) is 9.19. The highest BCUT2D eigenvalue weighted by atomic mass is 127. The molecule has 84 valence electrons. The standard InChI is InChI=1S/C13H14INO/c1-10(14)6-8-16-12-4-5-13-11(9-12)3-2-7-15-13/h2-5,7,9-10H,6,8H2,1H3. The molecule has 2 nitrogen and oxygen atoms in total. The van der Waals surface area contributed by atoms with Crippen LogP contribution in [0.15, 0.2) is 36.5 Å². The van der Waals surface area contributed by atoms with Crippen LogP contribution in [0, 0.1) is 0 Å². The van der Waals surface area contributed by atoms with E-state index in [9.17, 15) is 0 Å². The number of ether oxygens (including phenoxy) is 1. The maximum atomic E-state index is 5.69. The van der Waals surface area contributed by atoms with Crippen LogP contribution in [0.5, 0.6) is 5.75 Å². The molecule has 1 atom stereocenters. The van der Waals surface area contributed by atoms with E-state index in [1.807, 2.05) is 24.3 Å². The topological polar surface area (TPSA) is 22.1 Å². The second-order valence-corrected chi connectivity index (χ2v) is 5.90. The van der Waals surface area contributed by atoms with Gasteiger partial charge in [-0.3, -0.25) is 4.98 Å². The van der Waals surface area contributed by atoms with Crippen molar-refractivity contribution in [1.82, 2.24) is 4.98 Å². The second kappa shape index (κ2) is 5.48. The summed E-state index contributed by atoms with van der Waals surface area (Å²) in [6.45, 7) is 2.96. The third-order valence-electron chi connectivity index (χ3n) is 2.36. The first-order valence-corrected chi connectivity index (χ1v) is 6.62. The molecule has 0 radical (unpaired) electrons. The van der Waals surface area contributed by atoms with Crippen molar-refractivity contribution < 1.29 is 4.74 Å². The van der Waals surface area contributed by atoms with Gasteiger partial charge in [0.15, 0.2) is 0 Å². The summed E-state index contributed by atoms with van der Waals surface area (Å²) in [5.74, 6) is 0.928. The molecule has 0 fully saturated rings. The molecular formula is C13H14INO. The van der Waals surface area contributed by atoms with Crippen LogP contribution in [-0.4, -0.2) is 15.5 Å². The largest absolute Gasteiger partial charge is 0.494 e. The smallest absolute Gasteiger partial charge is 0.120 e. The summed E-state index contributed by atoms with van der Waals surface area (Å²) < 4.78 is 6.34. The van der Waals surface area contributed by atoms with Crippen LogP contribution in [-0.2, 0) is 0 Å². The first-order valence-electron chi connectivity index (χ1n) is 5.37. The molecule has 3 heteroatoms. The van der Waals surface area contributed by atoms with E-state index in [0.29, 0.717) is 3.92 Å². The van der Waals surface area contributed by atoms with Gasteiger partial charge >= 0.3 is 0 Å². The maximum Gasteiger partial charge on any atom is 0.120 e. The van der Waals surface area contributed by atoms with Gasteiger partial charge in [-0.05, 0) is 30.7 Å². The van der Waals surface area contributed by atoms with E-state index in [-0.39, 0.29) is 0 Å². The summed E-state index contributed by atoms with van der Waals surface area (Å²) in [7, 11) is 0. The molecule has 0 saturated heterocycles. The molecule has 2 rings (SSSR count).